The average Bonchev–Trinajstić information content (AvgIpc) is 2.54. The molecule has 0 spiro atoms. The van der Waals surface area contributed by atoms with Crippen LogP contribution in [0.2, 0.25) is 0 Å². The Hall–Kier alpha value is -2.49. The van der Waals surface area contributed by atoms with Crippen LogP contribution in [0.1, 0.15) is 22.3 Å². The normalized spacial score (nSPS) is 10.3. The molecule has 0 aromatic heterocycles. The fourth-order valence-electron chi connectivity index (χ4n) is 2.74. The molecule has 0 atom stereocenters. The first-order valence-electron chi connectivity index (χ1n) is 8.32. The van der Waals surface area contributed by atoms with Crippen LogP contribution in [0.5, 0.6) is 5.75 Å². The Morgan fingerprint density at radius 3 is 2.25 bits per heavy atom. The first kappa shape index (κ1) is 17.9. The molecule has 0 aliphatic rings. The number of urea groups is 1. The maximum absolute atomic E-state index is 11.7. The van der Waals surface area contributed by atoms with Crippen LogP contribution in [-0.2, 0) is 6.42 Å². The molecule has 2 N–H and O–H groups in total. The van der Waals surface area contributed by atoms with Gasteiger partial charge in [-0.15, -0.1) is 0 Å². The Morgan fingerprint density at radius 1 is 0.958 bits per heavy atom. The van der Waals surface area contributed by atoms with Crippen molar-refractivity contribution < 1.29 is 9.53 Å². The zero-order chi connectivity index (χ0) is 17.4. The second-order valence-electron chi connectivity index (χ2n) is 5.99. The van der Waals surface area contributed by atoms with Crippen molar-refractivity contribution in [1.82, 2.24) is 10.6 Å². The minimum Gasteiger partial charge on any atom is -0.491 e. The second-order valence-corrected chi connectivity index (χ2v) is 5.99. The molecule has 24 heavy (non-hydrogen) atoms. The van der Waals surface area contributed by atoms with Crippen LogP contribution >= 0.6 is 0 Å². The summed E-state index contributed by atoms with van der Waals surface area (Å²) in [5.74, 6) is 0.909. The second kappa shape index (κ2) is 8.96. The molecular weight excluding hydrogens is 300 g/mol. The van der Waals surface area contributed by atoms with Crippen molar-refractivity contribution in [2.45, 2.75) is 27.2 Å². The molecule has 0 fully saturated rings. The molecule has 2 rings (SSSR count). The van der Waals surface area contributed by atoms with Crippen LogP contribution in [0.25, 0.3) is 0 Å². The number of rotatable bonds is 7. The minimum atomic E-state index is -0.160. The van der Waals surface area contributed by atoms with E-state index in [1.54, 1.807) is 0 Å². The predicted octanol–water partition coefficient (Wildman–Crippen LogP) is 3.53. The number of amides is 2. The molecule has 0 unspecified atom stereocenters. The highest BCUT2D eigenvalue weighted by Gasteiger charge is 2.05. The summed E-state index contributed by atoms with van der Waals surface area (Å²) < 4.78 is 5.80. The highest BCUT2D eigenvalue weighted by molar-refractivity contribution is 5.73. The van der Waals surface area contributed by atoms with Gasteiger partial charge in [-0.25, -0.2) is 4.79 Å². The van der Waals surface area contributed by atoms with E-state index in [1.807, 2.05) is 32.0 Å². The zero-order valence-electron chi connectivity index (χ0n) is 14.7. The fraction of sp³-hybridized carbons (Fsp3) is 0.350. The van der Waals surface area contributed by atoms with E-state index >= 15 is 0 Å². The Kier molecular flexibility index (Phi) is 6.67. The minimum absolute atomic E-state index is 0.160. The summed E-state index contributed by atoms with van der Waals surface area (Å²) >= 11 is 0. The molecule has 4 nitrogen and oxygen atoms in total. The molecule has 0 radical (unpaired) electrons. The Balaban J connectivity index is 1.64. The van der Waals surface area contributed by atoms with Gasteiger partial charge in [0.1, 0.15) is 12.4 Å². The number of benzene rings is 2. The van der Waals surface area contributed by atoms with Crippen LogP contribution in [0, 0.1) is 20.8 Å². The first-order chi connectivity index (χ1) is 11.6. The van der Waals surface area contributed by atoms with E-state index in [4.69, 9.17) is 4.74 Å². The maximum atomic E-state index is 11.7. The van der Waals surface area contributed by atoms with Gasteiger partial charge < -0.3 is 15.4 Å². The van der Waals surface area contributed by atoms with Gasteiger partial charge in [0.15, 0.2) is 0 Å². The molecule has 0 saturated carbocycles. The molecule has 0 aliphatic carbocycles. The quantitative estimate of drug-likeness (QED) is 0.765. The SMILES string of the molecule is Cc1cc(C)c(OCCNC(=O)NCCc2ccccc2)c(C)c1. The third kappa shape index (κ3) is 5.61. The van der Waals surface area contributed by atoms with E-state index in [2.05, 4.69) is 41.8 Å². The van der Waals surface area contributed by atoms with Gasteiger partial charge in [-0.3, -0.25) is 0 Å². The van der Waals surface area contributed by atoms with E-state index in [0.717, 1.165) is 23.3 Å². The van der Waals surface area contributed by atoms with E-state index < -0.39 is 0 Å². The van der Waals surface area contributed by atoms with E-state index in [0.29, 0.717) is 19.7 Å². The lowest BCUT2D eigenvalue weighted by molar-refractivity contribution is 0.236. The number of aryl methyl sites for hydroxylation is 3. The lowest BCUT2D eigenvalue weighted by Gasteiger charge is -2.13. The number of nitrogens with one attached hydrogen (secondary N) is 2. The summed E-state index contributed by atoms with van der Waals surface area (Å²) in [6, 6.07) is 14.1. The third-order valence-electron chi connectivity index (χ3n) is 3.78. The van der Waals surface area contributed by atoms with Crippen molar-refractivity contribution >= 4 is 6.03 Å². The molecule has 0 bridgehead atoms. The van der Waals surface area contributed by atoms with Gasteiger partial charge >= 0.3 is 6.03 Å². The molecule has 0 saturated heterocycles. The molecular formula is C20H26N2O2. The number of ether oxygens (including phenoxy) is 1. The standard InChI is InChI=1S/C20H26N2O2/c1-15-13-16(2)19(17(3)14-15)24-12-11-22-20(23)21-10-9-18-7-5-4-6-8-18/h4-8,13-14H,9-12H2,1-3H3,(H2,21,22,23). The van der Waals surface area contributed by atoms with Gasteiger partial charge in [0.25, 0.3) is 0 Å². The number of hydrogen-bond acceptors (Lipinski definition) is 2. The average molecular weight is 326 g/mol. The van der Waals surface area contributed by atoms with Crippen LogP contribution in [0.3, 0.4) is 0 Å². The largest absolute Gasteiger partial charge is 0.491 e. The van der Waals surface area contributed by atoms with Gasteiger partial charge in [-0.2, -0.15) is 0 Å². The predicted molar refractivity (Wildman–Crippen MR) is 97.7 cm³/mol. The van der Waals surface area contributed by atoms with Gasteiger partial charge in [0, 0.05) is 6.54 Å². The van der Waals surface area contributed by atoms with Gasteiger partial charge in [0.05, 0.1) is 6.54 Å². The van der Waals surface area contributed by atoms with Crippen molar-refractivity contribution in [1.29, 1.82) is 0 Å². The van der Waals surface area contributed by atoms with Gasteiger partial charge in [0.2, 0.25) is 0 Å². The summed E-state index contributed by atoms with van der Waals surface area (Å²) in [6.07, 6.45) is 0.826. The molecule has 0 aliphatic heterocycles. The molecule has 4 heteroatoms. The molecule has 2 aromatic rings. The van der Waals surface area contributed by atoms with Crippen molar-refractivity contribution in [3.05, 3.63) is 64.7 Å². The zero-order valence-corrected chi connectivity index (χ0v) is 14.7. The number of carbonyl (C=O) groups is 1. The summed E-state index contributed by atoms with van der Waals surface area (Å²) in [5.41, 5.74) is 4.69. The Bertz CT molecular complexity index is 646. The molecule has 2 aromatic carbocycles. The topological polar surface area (TPSA) is 50.4 Å². The molecule has 128 valence electrons. The summed E-state index contributed by atoms with van der Waals surface area (Å²) in [7, 11) is 0. The van der Waals surface area contributed by atoms with Crippen molar-refractivity contribution in [2.24, 2.45) is 0 Å². The third-order valence-corrected chi connectivity index (χ3v) is 3.78. The number of carbonyl (C=O) groups excluding carboxylic acids is 1. The van der Waals surface area contributed by atoms with Crippen LogP contribution in [0.4, 0.5) is 4.79 Å². The van der Waals surface area contributed by atoms with E-state index in [-0.39, 0.29) is 6.03 Å². The number of hydrogen-bond donors (Lipinski definition) is 2. The Morgan fingerprint density at radius 2 is 1.58 bits per heavy atom. The van der Waals surface area contributed by atoms with E-state index in [1.165, 1.54) is 11.1 Å². The van der Waals surface area contributed by atoms with Crippen LogP contribution < -0.4 is 15.4 Å². The maximum Gasteiger partial charge on any atom is 0.314 e. The Labute approximate surface area is 144 Å². The fourth-order valence-corrected chi connectivity index (χ4v) is 2.74. The highest BCUT2D eigenvalue weighted by atomic mass is 16.5. The summed E-state index contributed by atoms with van der Waals surface area (Å²) in [6.45, 7) is 7.71. The summed E-state index contributed by atoms with van der Waals surface area (Å²) in [4.78, 5) is 11.7. The molecule has 2 amide bonds. The van der Waals surface area contributed by atoms with Gasteiger partial charge in [-0.1, -0.05) is 48.0 Å². The van der Waals surface area contributed by atoms with Gasteiger partial charge in [-0.05, 0) is 43.9 Å². The lowest BCUT2D eigenvalue weighted by atomic mass is 10.1. The smallest absolute Gasteiger partial charge is 0.314 e. The summed E-state index contributed by atoms with van der Waals surface area (Å²) in [5, 5.41) is 5.67. The molecule has 0 heterocycles. The van der Waals surface area contributed by atoms with Crippen molar-refractivity contribution in [2.75, 3.05) is 19.7 Å². The van der Waals surface area contributed by atoms with Crippen molar-refractivity contribution in [3.63, 3.8) is 0 Å². The van der Waals surface area contributed by atoms with Crippen molar-refractivity contribution in [3.8, 4) is 5.75 Å². The lowest BCUT2D eigenvalue weighted by Crippen LogP contribution is -2.38. The monoisotopic (exact) mass is 326 g/mol. The first-order valence-corrected chi connectivity index (χ1v) is 8.32. The highest BCUT2D eigenvalue weighted by Crippen LogP contribution is 2.24. The van der Waals surface area contributed by atoms with Crippen LogP contribution in [0.15, 0.2) is 42.5 Å². The van der Waals surface area contributed by atoms with E-state index in [9.17, 15) is 4.79 Å². The van der Waals surface area contributed by atoms with Crippen LogP contribution in [-0.4, -0.2) is 25.7 Å².